The van der Waals surface area contributed by atoms with Gasteiger partial charge in [-0.2, -0.15) is 0 Å². The van der Waals surface area contributed by atoms with Crippen LogP contribution in [0.5, 0.6) is 0 Å². The molecule has 3 N–H and O–H groups in total. The summed E-state index contributed by atoms with van der Waals surface area (Å²) >= 11 is 5.92. The number of rotatable bonds is 5. The minimum absolute atomic E-state index is 0.297. The number of nitrogens with two attached hydrogens (primary N) is 1. The molecule has 84 valence electrons. The van der Waals surface area contributed by atoms with Crippen molar-refractivity contribution in [2.45, 2.75) is 32.3 Å². The van der Waals surface area contributed by atoms with Crippen molar-refractivity contribution in [1.29, 1.82) is 0 Å². The van der Waals surface area contributed by atoms with Gasteiger partial charge >= 0.3 is 0 Å². The minimum atomic E-state index is -0.297. The molecule has 0 spiro atoms. The van der Waals surface area contributed by atoms with Crippen LogP contribution in [0.1, 0.15) is 24.0 Å². The molecule has 0 aliphatic carbocycles. The highest BCUT2D eigenvalue weighted by molar-refractivity contribution is 6.31. The van der Waals surface area contributed by atoms with Gasteiger partial charge in [0.15, 0.2) is 0 Å². The molecule has 0 heterocycles. The smallest absolute Gasteiger partial charge is 0.0581 e. The van der Waals surface area contributed by atoms with Crippen LogP contribution >= 0.6 is 11.6 Å². The van der Waals surface area contributed by atoms with E-state index in [2.05, 4.69) is 0 Å². The maximum atomic E-state index is 9.71. The molecule has 2 nitrogen and oxygen atoms in total. The summed E-state index contributed by atoms with van der Waals surface area (Å²) in [6, 6.07) is 5.86. The van der Waals surface area contributed by atoms with E-state index in [1.165, 1.54) is 0 Å². The summed E-state index contributed by atoms with van der Waals surface area (Å²) < 4.78 is 0. The van der Waals surface area contributed by atoms with E-state index in [-0.39, 0.29) is 6.10 Å². The first-order chi connectivity index (χ1) is 7.13. The molecule has 0 fully saturated rings. The van der Waals surface area contributed by atoms with Gasteiger partial charge < -0.3 is 10.8 Å². The Morgan fingerprint density at radius 3 is 2.80 bits per heavy atom. The van der Waals surface area contributed by atoms with Crippen molar-refractivity contribution in [3.63, 3.8) is 0 Å². The van der Waals surface area contributed by atoms with Gasteiger partial charge in [-0.25, -0.2) is 0 Å². The molecule has 0 radical (unpaired) electrons. The number of aliphatic hydroxyl groups excluding tert-OH is 1. The summed E-state index contributed by atoms with van der Waals surface area (Å²) in [7, 11) is 0. The van der Waals surface area contributed by atoms with Crippen molar-refractivity contribution in [1.82, 2.24) is 0 Å². The first-order valence-electron chi connectivity index (χ1n) is 5.26. The van der Waals surface area contributed by atoms with E-state index >= 15 is 0 Å². The highest BCUT2D eigenvalue weighted by Crippen LogP contribution is 2.17. The maximum Gasteiger partial charge on any atom is 0.0581 e. The number of aryl methyl sites for hydroxylation is 1. The van der Waals surface area contributed by atoms with E-state index in [4.69, 9.17) is 17.3 Å². The molecule has 1 unspecified atom stereocenters. The lowest BCUT2D eigenvalue weighted by atomic mass is 10.0. The molecule has 3 heteroatoms. The zero-order valence-electron chi connectivity index (χ0n) is 9.04. The molecular weight excluding hydrogens is 210 g/mol. The molecule has 0 aliphatic rings. The zero-order valence-corrected chi connectivity index (χ0v) is 9.80. The molecule has 1 aromatic rings. The topological polar surface area (TPSA) is 46.2 Å². The largest absolute Gasteiger partial charge is 0.393 e. The third-order valence-corrected chi connectivity index (χ3v) is 2.86. The monoisotopic (exact) mass is 227 g/mol. The Morgan fingerprint density at radius 2 is 2.20 bits per heavy atom. The first-order valence-corrected chi connectivity index (χ1v) is 5.64. The van der Waals surface area contributed by atoms with Crippen molar-refractivity contribution < 1.29 is 5.11 Å². The highest BCUT2D eigenvalue weighted by Gasteiger charge is 2.05. The van der Waals surface area contributed by atoms with Crippen LogP contribution in [0.25, 0.3) is 0 Å². The van der Waals surface area contributed by atoms with Gasteiger partial charge in [-0.3, -0.25) is 0 Å². The van der Waals surface area contributed by atoms with E-state index < -0.39 is 0 Å². The molecule has 1 rings (SSSR count). The van der Waals surface area contributed by atoms with Crippen LogP contribution < -0.4 is 5.73 Å². The second kappa shape index (κ2) is 6.11. The summed E-state index contributed by atoms with van der Waals surface area (Å²) in [6.07, 6.45) is 2.01. The van der Waals surface area contributed by atoms with Gasteiger partial charge in [-0.1, -0.05) is 23.7 Å². The standard InChI is InChI=1S/C12H18ClNO/c1-9-7-10(4-5-12(9)13)8-11(15)3-2-6-14/h4-5,7,11,15H,2-3,6,8,14H2,1H3. The fourth-order valence-corrected chi connectivity index (χ4v) is 1.68. The van der Waals surface area contributed by atoms with Crippen LogP contribution in [-0.2, 0) is 6.42 Å². The first kappa shape index (κ1) is 12.5. The van der Waals surface area contributed by atoms with Gasteiger partial charge in [-0.05, 0) is 49.9 Å². The zero-order chi connectivity index (χ0) is 11.3. The Morgan fingerprint density at radius 1 is 1.47 bits per heavy atom. The number of hydrogen-bond acceptors (Lipinski definition) is 2. The van der Waals surface area contributed by atoms with E-state index in [9.17, 15) is 5.11 Å². The Kier molecular flexibility index (Phi) is 5.09. The molecule has 1 aromatic carbocycles. The molecule has 0 aliphatic heterocycles. The second-order valence-electron chi connectivity index (χ2n) is 3.87. The van der Waals surface area contributed by atoms with Gasteiger partial charge in [0.1, 0.15) is 0 Å². The normalized spacial score (nSPS) is 12.8. The number of halogens is 1. The number of aliphatic hydroxyl groups is 1. The lowest BCUT2D eigenvalue weighted by Crippen LogP contribution is -2.12. The van der Waals surface area contributed by atoms with Crippen molar-refractivity contribution in [3.05, 3.63) is 34.3 Å². The maximum absolute atomic E-state index is 9.71. The summed E-state index contributed by atoms with van der Waals surface area (Å²) in [5, 5.41) is 10.5. The van der Waals surface area contributed by atoms with E-state index in [1.54, 1.807) is 0 Å². The quantitative estimate of drug-likeness (QED) is 0.811. The molecule has 15 heavy (non-hydrogen) atoms. The molecule has 0 saturated heterocycles. The van der Waals surface area contributed by atoms with Gasteiger partial charge in [0, 0.05) is 5.02 Å². The van der Waals surface area contributed by atoms with Crippen molar-refractivity contribution in [2.24, 2.45) is 5.73 Å². The highest BCUT2D eigenvalue weighted by atomic mass is 35.5. The fourth-order valence-electron chi connectivity index (χ4n) is 1.56. The van der Waals surface area contributed by atoms with E-state index in [0.29, 0.717) is 13.0 Å². The lowest BCUT2D eigenvalue weighted by Gasteiger charge is -2.10. The predicted octanol–water partition coefficient (Wildman–Crippen LogP) is 2.29. The van der Waals surface area contributed by atoms with Crippen LogP contribution in [0.3, 0.4) is 0 Å². The fraction of sp³-hybridized carbons (Fsp3) is 0.500. The van der Waals surface area contributed by atoms with Crippen LogP contribution in [-0.4, -0.2) is 17.8 Å². The average molecular weight is 228 g/mol. The van der Waals surface area contributed by atoms with E-state index in [0.717, 1.165) is 29.0 Å². The second-order valence-corrected chi connectivity index (χ2v) is 4.28. The molecule has 0 aromatic heterocycles. The Labute approximate surface area is 96.1 Å². The summed E-state index contributed by atoms with van der Waals surface area (Å²) in [6.45, 7) is 2.61. The third kappa shape index (κ3) is 4.20. The summed E-state index contributed by atoms with van der Waals surface area (Å²) in [5.74, 6) is 0. The van der Waals surface area contributed by atoms with Crippen LogP contribution in [0, 0.1) is 6.92 Å². The average Bonchev–Trinajstić information content (AvgIpc) is 2.20. The number of hydrogen-bond donors (Lipinski definition) is 2. The molecule has 0 saturated carbocycles. The van der Waals surface area contributed by atoms with Gasteiger partial charge in [0.05, 0.1) is 6.10 Å². The molecule has 0 bridgehead atoms. The van der Waals surface area contributed by atoms with Crippen LogP contribution in [0.15, 0.2) is 18.2 Å². The molecule has 1 atom stereocenters. The summed E-state index contributed by atoms with van der Waals surface area (Å²) in [4.78, 5) is 0. The number of benzene rings is 1. The summed E-state index contributed by atoms with van der Waals surface area (Å²) in [5.41, 5.74) is 7.57. The Balaban J connectivity index is 2.53. The van der Waals surface area contributed by atoms with Gasteiger partial charge in [0.2, 0.25) is 0 Å². The van der Waals surface area contributed by atoms with Crippen LogP contribution in [0.2, 0.25) is 5.02 Å². The van der Waals surface area contributed by atoms with Crippen molar-refractivity contribution >= 4 is 11.6 Å². The predicted molar refractivity (Wildman–Crippen MR) is 64.2 cm³/mol. The SMILES string of the molecule is Cc1cc(CC(O)CCCN)ccc1Cl. The van der Waals surface area contributed by atoms with E-state index in [1.807, 2.05) is 25.1 Å². The van der Waals surface area contributed by atoms with Gasteiger partial charge in [0.25, 0.3) is 0 Å². The van der Waals surface area contributed by atoms with Crippen molar-refractivity contribution in [3.8, 4) is 0 Å². The molecular formula is C12H18ClNO. The third-order valence-electron chi connectivity index (χ3n) is 2.44. The molecule has 0 amide bonds. The lowest BCUT2D eigenvalue weighted by molar-refractivity contribution is 0.163. The van der Waals surface area contributed by atoms with Crippen LogP contribution in [0.4, 0.5) is 0 Å². The Hall–Kier alpha value is -0.570. The minimum Gasteiger partial charge on any atom is -0.393 e. The Bertz CT molecular complexity index is 314. The van der Waals surface area contributed by atoms with Gasteiger partial charge in [-0.15, -0.1) is 0 Å². The van der Waals surface area contributed by atoms with Crippen molar-refractivity contribution in [2.75, 3.05) is 6.54 Å².